The minimum atomic E-state index is -0.555. The third-order valence-corrected chi connectivity index (χ3v) is 3.77. The summed E-state index contributed by atoms with van der Waals surface area (Å²) in [4.78, 5) is 16.0. The van der Waals surface area contributed by atoms with Crippen molar-refractivity contribution in [3.05, 3.63) is 53.6 Å². The number of nitrogens with one attached hydrogen (secondary N) is 1. The summed E-state index contributed by atoms with van der Waals surface area (Å²) in [5.41, 5.74) is 0.703. The Morgan fingerprint density at radius 2 is 2.26 bits per heavy atom. The van der Waals surface area contributed by atoms with Gasteiger partial charge in [0.05, 0.1) is 0 Å². The van der Waals surface area contributed by atoms with Gasteiger partial charge in [0, 0.05) is 17.2 Å². The van der Waals surface area contributed by atoms with Crippen LogP contribution in [0.5, 0.6) is 0 Å². The van der Waals surface area contributed by atoms with Crippen LogP contribution in [-0.4, -0.2) is 31.1 Å². The zero-order valence-electron chi connectivity index (χ0n) is 12.0. The standard InChI is InChI=1S/C14H11FN6OS/c1-8(13(22)17-14-16-5-6-23-14)10-3-4-12(11(15)7-10)21-9(2)18-19-20-21/h3-7H,1H2,2H3,(H,16,17,22). The highest BCUT2D eigenvalue weighted by Gasteiger charge is 2.15. The molecule has 1 aromatic carbocycles. The van der Waals surface area contributed by atoms with Crippen molar-refractivity contribution >= 4 is 27.9 Å². The average molecular weight is 330 g/mol. The van der Waals surface area contributed by atoms with Crippen molar-refractivity contribution in [2.24, 2.45) is 0 Å². The first kappa shape index (κ1) is 15.0. The predicted molar refractivity (Wildman–Crippen MR) is 83.6 cm³/mol. The molecule has 0 atom stereocenters. The molecule has 0 aliphatic rings. The maximum atomic E-state index is 14.3. The smallest absolute Gasteiger partial charge is 0.257 e. The Morgan fingerprint density at radius 3 is 2.87 bits per heavy atom. The zero-order chi connectivity index (χ0) is 16.4. The van der Waals surface area contributed by atoms with E-state index in [1.54, 1.807) is 24.6 Å². The van der Waals surface area contributed by atoms with E-state index in [-0.39, 0.29) is 11.3 Å². The van der Waals surface area contributed by atoms with Gasteiger partial charge in [-0.3, -0.25) is 10.1 Å². The van der Waals surface area contributed by atoms with Gasteiger partial charge in [-0.1, -0.05) is 12.6 Å². The average Bonchev–Trinajstić information content (AvgIpc) is 3.18. The molecular weight excluding hydrogens is 319 g/mol. The molecule has 0 spiro atoms. The van der Waals surface area contributed by atoms with Crippen LogP contribution in [0.2, 0.25) is 0 Å². The minimum Gasteiger partial charge on any atom is -0.298 e. The molecular formula is C14H11FN6OS. The summed E-state index contributed by atoms with van der Waals surface area (Å²) in [6, 6.07) is 4.30. The van der Waals surface area contributed by atoms with E-state index in [0.717, 1.165) is 0 Å². The Labute approximate surface area is 134 Å². The number of halogens is 1. The van der Waals surface area contributed by atoms with Crippen LogP contribution < -0.4 is 5.32 Å². The summed E-state index contributed by atoms with van der Waals surface area (Å²) in [7, 11) is 0. The maximum absolute atomic E-state index is 14.3. The van der Waals surface area contributed by atoms with Gasteiger partial charge in [-0.25, -0.2) is 9.37 Å². The fourth-order valence-electron chi connectivity index (χ4n) is 1.91. The van der Waals surface area contributed by atoms with Crippen molar-refractivity contribution < 1.29 is 9.18 Å². The number of amides is 1. The lowest BCUT2D eigenvalue weighted by Crippen LogP contribution is -2.13. The molecule has 0 aliphatic heterocycles. The van der Waals surface area contributed by atoms with Crippen LogP contribution in [0.3, 0.4) is 0 Å². The molecule has 2 aromatic heterocycles. The van der Waals surface area contributed by atoms with Crippen LogP contribution >= 0.6 is 11.3 Å². The second kappa shape index (κ2) is 6.05. The fourth-order valence-corrected chi connectivity index (χ4v) is 2.43. The number of carbonyl (C=O) groups excluding carboxylic acids is 1. The Kier molecular flexibility index (Phi) is 3.94. The summed E-state index contributed by atoms with van der Waals surface area (Å²) < 4.78 is 15.6. The molecule has 0 aliphatic carbocycles. The summed E-state index contributed by atoms with van der Waals surface area (Å²) >= 11 is 1.29. The van der Waals surface area contributed by atoms with Gasteiger partial charge < -0.3 is 0 Å². The van der Waals surface area contributed by atoms with Gasteiger partial charge in [0.15, 0.2) is 11.0 Å². The number of hydrogen-bond donors (Lipinski definition) is 1. The quantitative estimate of drug-likeness (QED) is 0.741. The van der Waals surface area contributed by atoms with Crippen LogP contribution in [-0.2, 0) is 4.79 Å². The van der Waals surface area contributed by atoms with Gasteiger partial charge in [-0.15, -0.1) is 16.4 Å². The van der Waals surface area contributed by atoms with Crippen molar-refractivity contribution in [3.8, 4) is 5.69 Å². The second-order valence-corrected chi connectivity index (χ2v) is 5.47. The zero-order valence-corrected chi connectivity index (χ0v) is 12.8. The number of hydrogen-bond acceptors (Lipinski definition) is 6. The van der Waals surface area contributed by atoms with E-state index in [2.05, 4.69) is 32.4 Å². The van der Waals surface area contributed by atoms with E-state index in [4.69, 9.17) is 0 Å². The van der Waals surface area contributed by atoms with E-state index < -0.39 is 11.7 Å². The third kappa shape index (κ3) is 2.99. The molecule has 116 valence electrons. The van der Waals surface area contributed by atoms with E-state index in [1.807, 2.05) is 0 Å². The number of benzene rings is 1. The summed E-state index contributed by atoms with van der Waals surface area (Å²) in [6.45, 7) is 5.37. The van der Waals surface area contributed by atoms with Crippen LogP contribution in [0, 0.1) is 12.7 Å². The molecule has 7 nitrogen and oxygen atoms in total. The SMILES string of the molecule is C=C(C(=O)Nc1nccs1)c1ccc(-n2nnnc2C)c(F)c1. The van der Waals surface area contributed by atoms with Crippen LogP contribution in [0.15, 0.2) is 36.4 Å². The van der Waals surface area contributed by atoms with Crippen molar-refractivity contribution in [2.75, 3.05) is 5.32 Å². The first-order valence-electron chi connectivity index (χ1n) is 6.51. The molecule has 3 aromatic rings. The number of thiazole rings is 1. The molecule has 0 radical (unpaired) electrons. The fraction of sp³-hybridized carbons (Fsp3) is 0.0714. The molecule has 1 amide bonds. The van der Waals surface area contributed by atoms with Gasteiger partial charge in [0.1, 0.15) is 11.5 Å². The Morgan fingerprint density at radius 1 is 1.43 bits per heavy atom. The number of aryl methyl sites for hydroxylation is 1. The van der Waals surface area contributed by atoms with Gasteiger partial charge in [0.2, 0.25) is 0 Å². The molecule has 1 N–H and O–H groups in total. The van der Waals surface area contributed by atoms with E-state index in [9.17, 15) is 9.18 Å². The summed E-state index contributed by atoms with van der Waals surface area (Å²) in [5.74, 6) is -0.538. The van der Waals surface area contributed by atoms with E-state index in [0.29, 0.717) is 16.5 Å². The van der Waals surface area contributed by atoms with Gasteiger partial charge in [-0.2, -0.15) is 4.68 Å². The molecule has 0 bridgehead atoms. The van der Waals surface area contributed by atoms with Gasteiger partial charge in [0.25, 0.3) is 5.91 Å². The van der Waals surface area contributed by atoms with Crippen LogP contribution in [0.25, 0.3) is 11.3 Å². The third-order valence-electron chi connectivity index (χ3n) is 3.08. The lowest BCUT2D eigenvalue weighted by Gasteiger charge is -2.08. The summed E-state index contributed by atoms with van der Waals surface area (Å²) in [6.07, 6.45) is 1.58. The second-order valence-electron chi connectivity index (χ2n) is 4.57. The van der Waals surface area contributed by atoms with Crippen molar-refractivity contribution in [3.63, 3.8) is 0 Å². The summed E-state index contributed by atoms with van der Waals surface area (Å²) in [5, 5.41) is 15.7. The van der Waals surface area contributed by atoms with Crippen molar-refractivity contribution in [1.29, 1.82) is 0 Å². The van der Waals surface area contributed by atoms with Gasteiger partial charge >= 0.3 is 0 Å². The highest BCUT2D eigenvalue weighted by atomic mass is 32.1. The Balaban J connectivity index is 1.84. The molecule has 0 fully saturated rings. The number of tetrazole rings is 1. The molecule has 0 saturated carbocycles. The minimum absolute atomic E-state index is 0.138. The molecule has 9 heteroatoms. The predicted octanol–water partition coefficient (Wildman–Crippen LogP) is 2.22. The molecule has 2 heterocycles. The maximum Gasteiger partial charge on any atom is 0.257 e. The largest absolute Gasteiger partial charge is 0.298 e. The van der Waals surface area contributed by atoms with Gasteiger partial charge in [-0.05, 0) is 35.0 Å². The van der Waals surface area contributed by atoms with Crippen LogP contribution in [0.4, 0.5) is 9.52 Å². The first-order valence-corrected chi connectivity index (χ1v) is 7.39. The highest BCUT2D eigenvalue weighted by molar-refractivity contribution is 7.13. The molecule has 3 rings (SSSR count). The topological polar surface area (TPSA) is 85.6 Å². The number of nitrogens with zero attached hydrogens (tertiary/aromatic N) is 5. The van der Waals surface area contributed by atoms with E-state index >= 15 is 0 Å². The first-order chi connectivity index (χ1) is 11.1. The molecule has 23 heavy (non-hydrogen) atoms. The van der Waals surface area contributed by atoms with E-state index in [1.165, 1.54) is 28.2 Å². The Hall–Kier alpha value is -2.94. The lowest BCUT2D eigenvalue weighted by molar-refractivity contribution is -0.111. The number of carbonyl (C=O) groups is 1. The van der Waals surface area contributed by atoms with Crippen LogP contribution in [0.1, 0.15) is 11.4 Å². The Bertz CT molecular complexity index is 873. The number of aromatic nitrogens is 5. The molecule has 0 unspecified atom stereocenters. The van der Waals surface area contributed by atoms with Crippen molar-refractivity contribution in [1.82, 2.24) is 25.2 Å². The molecule has 0 saturated heterocycles. The highest BCUT2D eigenvalue weighted by Crippen LogP contribution is 2.21. The number of anilines is 1. The monoisotopic (exact) mass is 330 g/mol. The normalized spacial score (nSPS) is 10.5. The lowest BCUT2D eigenvalue weighted by atomic mass is 10.1. The van der Waals surface area contributed by atoms with Crippen molar-refractivity contribution in [2.45, 2.75) is 6.92 Å². The number of rotatable bonds is 4.